The number of rotatable bonds is 9. The minimum atomic E-state index is 0.0325. The van der Waals surface area contributed by atoms with E-state index in [-0.39, 0.29) is 5.60 Å². The Morgan fingerprint density at radius 1 is 1.39 bits per heavy atom. The van der Waals surface area contributed by atoms with E-state index in [2.05, 4.69) is 61.9 Å². The molecule has 18 heavy (non-hydrogen) atoms. The van der Waals surface area contributed by atoms with Gasteiger partial charge in [0.2, 0.25) is 0 Å². The molecule has 0 N–H and O–H groups in total. The van der Waals surface area contributed by atoms with Gasteiger partial charge in [-0.05, 0) is 39.5 Å². The Balaban J connectivity index is 3.79. The molecular formula is C16H29BrO. The average Bonchev–Trinajstić information content (AvgIpc) is 2.29. The zero-order chi connectivity index (χ0) is 14.0. The summed E-state index contributed by atoms with van der Waals surface area (Å²) >= 11 is 3.41. The van der Waals surface area contributed by atoms with Crippen molar-refractivity contribution in [1.82, 2.24) is 0 Å². The van der Waals surface area contributed by atoms with Gasteiger partial charge in [0.25, 0.3) is 0 Å². The number of allylic oxidation sites excluding steroid dienone is 4. The topological polar surface area (TPSA) is 9.23 Å². The largest absolute Gasteiger partial charge is 0.379 e. The predicted octanol–water partition coefficient (Wildman–Crippen LogP) is 5.51. The molecule has 0 radical (unpaired) electrons. The number of hydrogen-bond donors (Lipinski definition) is 0. The summed E-state index contributed by atoms with van der Waals surface area (Å²) in [6.07, 6.45) is 11.5. The molecule has 0 aliphatic rings. The Morgan fingerprint density at radius 3 is 2.61 bits per heavy atom. The van der Waals surface area contributed by atoms with Crippen LogP contribution in [-0.4, -0.2) is 18.0 Å². The van der Waals surface area contributed by atoms with Gasteiger partial charge in [-0.1, -0.05) is 59.5 Å². The highest BCUT2D eigenvalue weighted by molar-refractivity contribution is 9.09. The highest BCUT2D eigenvalue weighted by Crippen LogP contribution is 2.20. The van der Waals surface area contributed by atoms with E-state index in [4.69, 9.17) is 4.74 Å². The Morgan fingerprint density at radius 2 is 2.06 bits per heavy atom. The van der Waals surface area contributed by atoms with Crippen LogP contribution in [0.15, 0.2) is 23.8 Å². The van der Waals surface area contributed by atoms with Crippen LogP contribution in [0.3, 0.4) is 0 Å². The van der Waals surface area contributed by atoms with Crippen molar-refractivity contribution in [2.24, 2.45) is 5.92 Å². The van der Waals surface area contributed by atoms with E-state index in [0.717, 1.165) is 17.7 Å². The van der Waals surface area contributed by atoms with Crippen LogP contribution in [0.2, 0.25) is 0 Å². The number of methoxy groups -OCH3 is 1. The van der Waals surface area contributed by atoms with Crippen LogP contribution in [0, 0.1) is 5.92 Å². The van der Waals surface area contributed by atoms with E-state index in [0.29, 0.717) is 0 Å². The lowest BCUT2D eigenvalue weighted by Crippen LogP contribution is -2.22. The van der Waals surface area contributed by atoms with Crippen LogP contribution in [0.25, 0.3) is 0 Å². The molecule has 0 aliphatic carbocycles. The first-order valence-electron chi connectivity index (χ1n) is 6.85. The van der Waals surface area contributed by atoms with Crippen molar-refractivity contribution >= 4 is 15.9 Å². The maximum Gasteiger partial charge on any atom is 0.0622 e. The van der Waals surface area contributed by atoms with Gasteiger partial charge in [-0.25, -0.2) is 0 Å². The molecule has 0 aromatic carbocycles. The number of alkyl halides is 1. The molecule has 0 rings (SSSR count). The third kappa shape index (κ3) is 9.90. The second-order valence-electron chi connectivity index (χ2n) is 5.70. The van der Waals surface area contributed by atoms with Crippen molar-refractivity contribution in [2.45, 2.75) is 59.0 Å². The molecule has 1 unspecified atom stereocenters. The molecule has 0 aromatic heterocycles. The average molecular weight is 317 g/mol. The molecule has 0 fully saturated rings. The third-order valence-corrected chi connectivity index (χ3v) is 3.67. The molecule has 0 aliphatic heterocycles. The Labute approximate surface area is 122 Å². The maximum atomic E-state index is 5.43. The molecular weight excluding hydrogens is 288 g/mol. The molecule has 0 spiro atoms. The van der Waals surface area contributed by atoms with Crippen molar-refractivity contribution < 1.29 is 4.74 Å². The molecule has 0 amide bonds. The normalized spacial score (nSPS) is 15.3. The summed E-state index contributed by atoms with van der Waals surface area (Å²) in [7, 11) is 1.80. The van der Waals surface area contributed by atoms with Crippen molar-refractivity contribution in [2.75, 3.05) is 12.4 Å². The van der Waals surface area contributed by atoms with E-state index < -0.39 is 0 Å². The van der Waals surface area contributed by atoms with E-state index in [1.165, 1.54) is 24.8 Å². The molecule has 0 heterocycles. The maximum absolute atomic E-state index is 5.43. The first-order valence-corrected chi connectivity index (χ1v) is 7.98. The van der Waals surface area contributed by atoms with E-state index in [1.54, 1.807) is 7.11 Å². The van der Waals surface area contributed by atoms with Crippen molar-refractivity contribution in [1.29, 1.82) is 0 Å². The molecule has 2 heteroatoms. The monoisotopic (exact) mass is 316 g/mol. The molecule has 0 saturated heterocycles. The summed E-state index contributed by atoms with van der Waals surface area (Å²) in [5, 5.41) is 0.935. The summed E-state index contributed by atoms with van der Waals surface area (Å²) in [5.74, 6) is 0.755. The Bertz CT molecular complexity index is 266. The molecule has 1 nitrogen and oxygen atoms in total. The van der Waals surface area contributed by atoms with Gasteiger partial charge >= 0.3 is 0 Å². The lowest BCUT2D eigenvalue weighted by molar-refractivity contribution is 0.0128. The van der Waals surface area contributed by atoms with Crippen LogP contribution in [0.4, 0.5) is 0 Å². The minimum Gasteiger partial charge on any atom is -0.379 e. The van der Waals surface area contributed by atoms with Crippen LogP contribution < -0.4 is 0 Å². The molecule has 106 valence electrons. The lowest BCUT2D eigenvalue weighted by atomic mass is 9.95. The zero-order valence-corrected chi connectivity index (χ0v) is 14.2. The Hall–Kier alpha value is -0.0800. The summed E-state index contributed by atoms with van der Waals surface area (Å²) in [6.45, 7) is 8.79. The molecule has 0 saturated carbocycles. The summed E-state index contributed by atoms with van der Waals surface area (Å²) in [6, 6.07) is 0. The fourth-order valence-corrected chi connectivity index (χ4v) is 2.28. The van der Waals surface area contributed by atoms with Gasteiger partial charge in [-0.3, -0.25) is 0 Å². The highest BCUT2D eigenvalue weighted by Gasteiger charge is 2.15. The van der Waals surface area contributed by atoms with Crippen molar-refractivity contribution in [3.63, 3.8) is 0 Å². The highest BCUT2D eigenvalue weighted by atomic mass is 79.9. The van der Waals surface area contributed by atoms with Crippen LogP contribution in [0.1, 0.15) is 53.4 Å². The van der Waals surface area contributed by atoms with Crippen LogP contribution >= 0.6 is 15.9 Å². The van der Waals surface area contributed by atoms with Gasteiger partial charge in [0, 0.05) is 12.4 Å². The second kappa shape index (κ2) is 9.80. The molecule has 0 aromatic rings. The SMILES string of the molecule is COC(C)(C)CCCC(C)C/C=C/C(C)=C/CBr. The number of hydrogen-bond acceptors (Lipinski definition) is 1. The van der Waals surface area contributed by atoms with Crippen molar-refractivity contribution in [3.05, 3.63) is 23.8 Å². The number of ether oxygens (including phenoxy) is 1. The van der Waals surface area contributed by atoms with Gasteiger partial charge < -0.3 is 4.74 Å². The summed E-state index contributed by atoms with van der Waals surface area (Å²) in [5.41, 5.74) is 1.37. The molecule has 0 bridgehead atoms. The smallest absolute Gasteiger partial charge is 0.0622 e. The van der Waals surface area contributed by atoms with Gasteiger partial charge in [0.05, 0.1) is 5.60 Å². The van der Waals surface area contributed by atoms with Crippen molar-refractivity contribution in [3.8, 4) is 0 Å². The number of halogens is 1. The fourth-order valence-electron chi connectivity index (χ4n) is 1.77. The van der Waals surface area contributed by atoms with Gasteiger partial charge in [-0.2, -0.15) is 0 Å². The fraction of sp³-hybridized carbons (Fsp3) is 0.750. The predicted molar refractivity (Wildman–Crippen MR) is 85.4 cm³/mol. The quantitative estimate of drug-likeness (QED) is 0.403. The van der Waals surface area contributed by atoms with Gasteiger partial charge in [0.1, 0.15) is 0 Å². The standard InChI is InChI=1S/C16H29BrO/c1-14(8-6-9-15(2)11-13-17)10-7-12-16(3,4)18-5/h6,9,11,14H,7-8,10,12-13H2,1-5H3/b9-6+,15-11+. The Kier molecular flexibility index (Phi) is 9.76. The van der Waals surface area contributed by atoms with Gasteiger partial charge in [0.15, 0.2) is 0 Å². The zero-order valence-electron chi connectivity index (χ0n) is 12.6. The first-order chi connectivity index (χ1) is 8.41. The van der Waals surface area contributed by atoms with Crippen LogP contribution in [-0.2, 0) is 4.74 Å². The first kappa shape index (κ1) is 17.9. The summed E-state index contributed by atoms with van der Waals surface area (Å²) in [4.78, 5) is 0. The second-order valence-corrected chi connectivity index (χ2v) is 6.35. The van der Waals surface area contributed by atoms with Crippen LogP contribution in [0.5, 0.6) is 0 Å². The molecule has 1 atom stereocenters. The minimum absolute atomic E-state index is 0.0325. The summed E-state index contributed by atoms with van der Waals surface area (Å²) < 4.78 is 5.43. The van der Waals surface area contributed by atoms with E-state index >= 15 is 0 Å². The van der Waals surface area contributed by atoms with Gasteiger partial charge in [-0.15, -0.1) is 0 Å². The van der Waals surface area contributed by atoms with E-state index in [9.17, 15) is 0 Å². The lowest BCUT2D eigenvalue weighted by Gasteiger charge is -2.23. The van der Waals surface area contributed by atoms with E-state index in [1.807, 2.05) is 0 Å². The third-order valence-electron chi connectivity index (χ3n) is 3.35.